The summed E-state index contributed by atoms with van der Waals surface area (Å²) in [5.41, 5.74) is 1.05. The second kappa shape index (κ2) is 7.05. The number of esters is 1. The molecule has 0 aromatic heterocycles. The Morgan fingerprint density at radius 1 is 1.19 bits per heavy atom. The van der Waals surface area contributed by atoms with Gasteiger partial charge >= 0.3 is 5.97 Å². The molecular formula is C17H24N2O2. The third kappa shape index (κ3) is 4.05. The normalized spacial score (nSPS) is 21.0. The van der Waals surface area contributed by atoms with Crippen LogP contribution in [0.25, 0.3) is 0 Å². The van der Waals surface area contributed by atoms with Crippen molar-refractivity contribution >= 4 is 5.97 Å². The third-order valence-corrected chi connectivity index (χ3v) is 4.62. The van der Waals surface area contributed by atoms with Crippen LogP contribution in [0.2, 0.25) is 0 Å². The highest BCUT2D eigenvalue weighted by Crippen LogP contribution is 2.23. The number of ether oxygens (including phenoxy) is 1. The summed E-state index contributed by atoms with van der Waals surface area (Å²) in [4.78, 5) is 14.5. The molecule has 114 valence electrons. The van der Waals surface area contributed by atoms with Gasteiger partial charge in [-0.3, -0.25) is 9.69 Å². The van der Waals surface area contributed by atoms with Crippen LogP contribution in [0.1, 0.15) is 24.8 Å². The van der Waals surface area contributed by atoms with E-state index < -0.39 is 0 Å². The van der Waals surface area contributed by atoms with Crippen molar-refractivity contribution in [2.45, 2.75) is 31.9 Å². The lowest BCUT2D eigenvalue weighted by Crippen LogP contribution is -2.58. The highest BCUT2D eigenvalue weighted by atomic mass is 16.5. The van der Waals surface area contributed by atoms with Crippen molar-refractivity contribution in [2.24, 2.45) is 5.92 Å². The molecule has 0 aliphatic carbocycles. The second-order valence-electron chi connectivity index (χ2n) is 6.14. The third-order valence-electron chi connectivity index (χ3n) is 4.62. The smallest absolute Gasteiger partial charge is 0.306 e. The Hall–Kier alpha value is -1.39. The van der Waals surface area contributed by atoms with E-state index in [0.29, 0.717) is 18.9 Å². The maximum absolute atomic E-state index is 11.9. The number of likely N-dealkylation sites (tertiary alicyclic amines) is 1. The fraction of sp³-hybridized carbons (Fsp3) is 0.588. The van der Waals surface area contributed by atoms with Crippen LogP contribution in [-0.2, 0) is 16.1 Å². The van der Waals surface area contributed by atoms with Crippen molar-refractivity contribution in [2.75, 3.05) is 26.2 Å². The number of piperidine rings is 1. The second-order valence-corrected chi connectivity index (χ2v) is 6.14. The van der Waals surface area contributed by atoms with Crippen LogP contribution in [0.5, 0.6) is 0 Å². The van der Waals surface area contributed by atoms with Crippen molar-refractivity contribution in [3.8, 4) is 0 Å². The highest BCUT2D eigenvalue weighted by molar-refractivity contribution is 5.69. The summed E-state index contributed by atoms with van der Waals surface area (Å²) in [6.07, 6.45) is 2.82. The van der Waals surface area contributed by atoms with E-state index in [0.717, 1.165) is 50.6 Å². The van der Waals surface area contributed by atoms with Gasteiger partial charge in [0.1, 0.15) is 6.61 Å². The van der Waals surface area contributed by atoms with Crippen LogP contribution < -0.4 is 5.32 Å². The van der Waals surface area contributed by atoms with Crippen LogP contribution in [-0.4, -0.2) is 43.1 Å². The number of nitrogens with one attached hydrogen (secondary N) is 1. The Labute approximate surface area is 126 Å². The number of carbonyl (C=O) groups excluding carboxylic acids is 1. The summed E-state index contributed by atoms with van der Waals surface area (Å²) < 4.78 is 5.37. The van der Waals surface area contributed by atoms with Crippen molar-refractivity contribution < 1.29 is 9.53 Å². The van der Waals surface area contributed by atoms with Gasteiger partial charge in [-0.15, -0.1) is 0 Å². The molecule has 4 nitrogen and oxygen atoms in total. The Morgan fingerprint density at radius 2 is 1.90 bits per heavy atom. The van der Waals surface area contributed by atoms with Gasteiger partial charge in [-0.05, 0) is 37.4 Å². The van der Waals surface area contributed by atoms with Gasteiger partial charge in [-0.25, -0.2) is 0 Å². The maximum atomic E-state index is 11.9. The van der Waals surface area contributed by atoms with Gasteiger partial charge in [-0.2, -0.15) is 0 Å². The molecule has 2 aliphatic rings. The fourth-order valence-electron chi connectivity index (χ4n) is 3.09. The molecule has 0 bridgehead atoms. The molecule has 0 radical (unpaired) electrons. The van der Waals surface area contributed by atoms with Crippen LogP contribution in [0, 0.1) is 5.92 Å². The van der Waals surface area contributed by atoms with Gasteiger partial charge in [0.25, 0.3) is 0 Å². The fourth-order valence-corrected chi connectivity index (χ4v) is 3.09. The van der Waals surface area contributed by atoms with E-state index >= 15 is 0 Å². The lowest BCUT2D eigenvalue weighted by Gasteiger charge is -2.42. The molecule has 0 unspecified atom stereocenters. The zero-order chi connectivity index (χ0) is 14.5. The number of carbonyl (C=O) groups is 1. The highest BCUT2D eigenvalue weighted by Gasteiger charge is 2.29. The summed E-state index contributed by atoms with van der Waals surface area (Å²) in [5, 5.41) is 3.32. The van der Waals surface area contributed by atoms with Crippen molar-refractivity contribution in [1.29, 1.82) is 0 Å². The largest absolute Gasteiger partial charge is 0.461 e. The predicted octanol–water partition coefficient (Wildman–Crippen LogP) is 1.80. The summed E-state index contributed by atoms with van der Waals surface area (Å²) in [6, 6.07) is 10.6. The molecule has 0 amide bonds. The summed E-state index contributed by atoms with van der Waals surface area (Å²) in [7, 11) is 0. The van der Waals surface area contributed by atoms with Gasteiger partial charge in [0.2, 0.25) is 0 Å². The molecule has 0 saturated carbocycles. The van der Waals surface area contributed by atoms with Gasteiger partial charge < -0.3 is 10.1 Å². The van der Waals surface area contributed by atoms with E-state index in [2.05, 4.69) is 10.2 Å². The molecule has 2 heterocycles. The van der Waals surface area contributed by atoms with E-state index in [1.165, 1.54) is 0 Å². The van der Waals surface area contributed by atoms with Crippen LogP contribution in [0.3, 0.4) is 0 Å². The molecule has 4 heteroatoms. The molecule has 2 aliphatic heterocycles. The Morgan fingerprint density at radius 3 is 2.52 bits per heavy atom. The quantitative estimate of drug-likeness (QED) is 0.839. The number of rotatable bonds is 5. The van der Waals surface area contributed by atoms with E-state index in [-0.39, 0.29) is 5.97 Å². The number of hydrogen-bond acceptors (Lipinski definition) is 4. The molecular weight excluding hydrogens is 264 g/mol. The zero-order valence-electron chi connectivity index (χ0n) is 12.5. The van der Waals surface area contributed by atoms with E-state index in [9.17, 15) is 4.79 Å². The zero-order valence-corrected chi connectivity index (χ0v) is 12.5. The minimum absolute atomic E-state index is 0.0531. The van der Waals surface area contributed by atoms with Gasteiger partial charge in [0.15, 0.2) is 0 Å². The Kier molecular flexibility index (Phi) is 4.88. The standard InChI is InChI=1S/C17H24N2O2/c20-17(21-13-15-4-2-1-3-5-15)10-14-6-8-19(9-7-14)16-11-18-12-16/h1-5,14,16,18H,6-13H2. The first-order chi connectivity index (χ1) is 10.3. The van der Waals surface area contributed by atoms with Crippen molar-refractivity contribution in [3.63, 3.8) is 0 Å². The number of hydrogen-bond donors (Lipinski definition) is 1. The molecule has 1 N–H and O–H groups in total. The first kappa shape index (κ1) is 14.5. The number of benzene rings is 1. The first-order valence-corrected chi connectivity index (χ1v) is 7.95. The van der Waals surface area contributed by atoms with Crippen molar-refractivity contribution in [1.82, 2.24) is 10.2 Å². The summed E-state index contributed by atoms with van der Waals surface area (Å²) in [6.45, 7) is 4.91. The Bertz CT molecular complexity index is 451. The molecule has 1 aromatic rings. The number of nitrogens with zero attached hydrogens (tertiary/aromatic N) is 1. The minimum Gasteiger partial charge on any atom is -0.461 e. The SMILES string of the molecule is O=C(CC1CCN(C2CNC2)CC1)OCc1ccccc1. The van der Waals surface area contributed by atoms with E-state index in [1.807, 2.05) is 30.3 Å². The molecule has 2 fully saturated rings. The first-order valence-electron chi connectivity index (χ1n) is 7.95. The average molecular weight is 288 g/mol. The van der Waals surface area contributed by atoms with Crippen LogP contribution >= 0.6 is 0 Å². The molecule has 1 aromatic carbocycles. The lowest BCUT2D eigenvalue weighted by atomic mass is 9.92. The summed E-state index contributed by atoms with van der Waals surface area (Å²) in [5.74, 6) is 0.445. The molecule has 21 heavy (non-hydrogen) atoms. The maximum Gasteiger partial charge on any atom is 0.306 e. The molecule has 0 spiro atoms. The van der Waals surface area contributed by atoms with Crippen LogP contribution in [0.15, 0.2) is 30.3 Å². The minimum atomic E-state index is -0.0531. The predicted molar refractivity (Wildman–Crippen MR) is 81.8 cm³/mol. The molecule has 3 rings (SSSR count). The monoisotopic (exact) mass is 288 g/mol. The molecule has 0 atom stereocenters. The topological polar surface area (TPSA) is 41.6 Å². The van der Waals surface area contributed by atoms with Crippen LogP contribution in [0.4, 0.5) is 0 Å². The average Bonchev–Trinajstić information content (AvgIpc) is 2.46. The van der Waals surface area contributed by atoms with Gasteiger partial charge in [0, 0.05) is 25.6 Å². The Balaban J connectivity index is 1.35. The lowest BCUT2D eigenvalue weighted by molar-refractivity contribution is -0.146. The van der Waals surface area contributed by atoms with Gasteiger partial charge in [0.05, 0.1) is 0 Å². The van der Waals surface area contributed by atoms with E-state index in [4.69, 9.17) is 4.74 Å². The van der Waals surface area contributed by atoms with Gasteiger partial charge in [-0.1, -0.05) is 30.3 Å². The van der Waals surface area contributed by atoms with E-state index in [1.54, 1.807) is 0 Å². The van der Waals surface area contributed by atoms with Crippen molar-refractivity contribution in [3.05, 3.63) is 35.9 Å². The molecule has 2 saturated heterocycles. The summed E-state index contributed by atoms with van der Waals surface area (Å²) >= 11 is 0.